The zero-order valence-corrected chi connectivity index (χ0v) is 29.6. The molecule has 1 aromatic heterocycles. The Kier molecular flexibility index (Phi) is 10.9. The van der Waals surface area contributed by atoms with Crippen LogP contribution in [0, 0.1) is 5.82 Å². The van der Waals surface area contributed by atoms with Crippen molar-refractivity contribution in [2.24, 2.45) is 0 Å². The fourth-order valence-corrected chi connectivity index (χ4v) is 8.34. The number of aromatic hydroxyl groups is 1. The van der Waals surface area contributed by atoms with Crippen molar-refractivity contribution < 1.29 is 43.1 Å². The minimum atomic E-state index is -1.33. The lowest BCUT2D eigenvalue weighted by Crippen LogP contribution is -2.70. The third-order valence-electron chi connectivity index (χ3n) is 8.31. The molecule has 2 aromatic carbocycles. The molecule has 2 atom stereocenters. The van der Waals surface area contributed by atoms with Crippen molar-refractivity contribution in [3.63, 3.8) is 0 Å². The Labute approximate surface area is 309 Å². The van der Waals surface area contributed by atoms with E-state index >= 15 is 0 Å². The molecule has 264 valence electrons. The molecule has 6 rings (SSSR count). The van der Waals surface area contributed by atoms with Gasteiger partial charge in [-0.3, -0.25) is 24.1 Å². The molecule has 0 spiro atoms. The number of anilines is 1. The number of thioether (sulfide) groups is 2. The van der Waals surface area contributed by atoms with Gasteiger partial charge in [0.1, 0.15) is 17.1 Å². The van der Waals surface area contributed by atoms with Gasteiger partial charge in [-0.15, -0.1) is 23.5 Å². The summed E-state index contributed by atoms with van der Waals surface area (Å²) in [7, 11) is 0. The van der Waals surface area contributed by atoms with E-state index in [1.807, 2.05) is 0 Å². The number of phenols is 1. The van der Waals surface area contributed by atoms with Crippen molar-refractivity contribution in [2.45, 2.75) is 35.7 Å². The van der Waals surface area contributed by atoms with E-state index in [9.17, 15) is 38.6 Å². The number of rotatable bonds is 11. The predicted octanol–water partition coefficient (Wildman–Crippen LogP) is 3.65. The number of carboxylic acid groups (broad SMARTS) is 1. The quantitative estimate of drug-likeness (QED) is 0.0643. The predicted molar refractivity (Wildman–Crippen MR) is 189 cm³/mol. The summed E-state index contributed by atoms with van der Waals surface area (Å²) in [6.07, 6.45) is 3.84. The van der Waals surface area contributed by atoms with Crippen LogP contribution in [0.3, 0.4) is 0 Å². The molecule has 0 radical (unpaired) electrons. The normalized spacial score (nSPS) is 19.2. The smallest absolute Gasteiger partial charge is 0.352 e. The first-order chi connectivity index (χ1) is 24.4. The summed E-state index contributed by atoms with van der Waals surface area (Å²) >= 11 is 14.5. The first kappa shape index (κ1) is 36.2. The van der Waals surface area contributed by atoms with Crippen molar-refractivity contribution in [2.75, 3.05) is 23.4 Å². The maximum absolute atomic E-state index is 13.6. The van der Waals surface area contributed by atoms with Gasteiger partial charge in [0.05, 0.1) is 15.8 Å². The number of hydrogen-bond donors (Lipinski definition) is 5. The third-order valence-corrected chi connectivity index (χ3v) is 11.3. The van der Waals surface area contributed by atoms with Crippen LogP contribution < -0.4 is 20.5 Å². The van der Waals surface area contributed by atoms with Gasteiger partial charge in [-0.1, -0.05) is 23.2 Å². The lowest BCUT2D eigenvalue weighted by Gasteiger charge is -2.49. The maximum Gasteiger partial charge on any atom is 0.352 e. The van der Waals surface area contributed by atoms with Gasteiger partial charge in [-0.05, 0) is 59.9 Å². The summed E-state index contributed by atoms with van der Waals surface area (Å²) in [5, 5.41) is 27.9. The minimum absolute atomic E-state index is 0.00247. The number of aliphatic carboxylic acids is 1. The summed E-state index contributed by atoms with van der Waals surface area (Å²) in [5.41, 5.74) is 1.95. The Morgan fingerprint density at radius 1 is 1.06 bits per heavy atom. The number of fused-ring (bicyclic) bond motifs is 1. The van der Waals surface area contributed by atoms with Crippen LogP contribution in [0.25, 0.3) is 0 Å². The van der Waals surface area contributed by atoms with Gasteiger partial charge in [-0.25, -0.2) is 9.18 Å². The standard InChI is InChI=1S/C34H28Cl2FN5O7S2/c35-23-3-2-19(13-24(23)36)50-16-28(45)40-29-32(47)42-30(34(48)49)22(15-51-33(29)42)21(20-5-8-38-31(20)46)11-17-6-9-41(10-7-17)14-27(44)39-18-1-4-26(43)25(37)12-18/h1-4,6-7,9-10,12-13,29,33H,5,8,11,14-16H2,(H4-,38,39,40,43,44,45,46,48,49)/p+1/t29-,33-/m1/s1. The Morgan fingerprint density at radius 2 is 1.82 bits per heavy atom. The van der Waals surface area contributed by atoms with Gasteiger partial charge in [-0.2, -0.15) is 4.57 Å². The molecule has 0 saturated carbocycles. The van der Waals surface area contributed by atoms with Gasteiger partial charge in [0.2, 0.25) is 18.4 Å². The molecule has 0 bridgehead atoms. The van der Waals surface area contributed by atoms with Crippen molar-refractivity contribution >= 4 is 82.0 Å². The summed E-state index contributed by atoms with van der Waals surface area (Å²) < 4.78 is 15.2. The zero-order chi connectivity index (χ0) is 36.4. The fourth-order valence-electron chi connectivity index (χ4n) is 5.85. The Morgan fingerprint density at radius 3 is 2.49 bits per heavy atom. The van der Waals surface area contributed by atoms with Gasteiger partial charge in [0, 0.05) is 46.7 Å². The number of allylic oxidation sites excluding steroid dienone is 1. The molecule has 0 aliphatic carbocycles. The molecule has 51 heavy (non-hydrogen) atoms. The average Bonchev–Trinajstić information content (AvgIpc) is 3.53. The van der Waals surface area contributed by atoms with Crippen LogP contribution in [0.1, 0.15) is 12.0 Å². The number of β-lactam (4-membered cyclic amide) rings is 1. The van der Waals surface area contributed by atoms with Crippen LogP contribution in [0.5, 0.6) is 5.75 Å². The Bertz CT molecular complexity index is 2030. The second-order valence-electron chi connectivity index (χ2n) is 11.7. The van der Waals surface area contributed by atoms with Crippen molar-refractivity contribution in [3.8, 4) is 5.75 Å². The summed E-state index contributed by atoms with van der Waals surface area (Å²) in [5.74, 6) is -4.28. The van der Waals surface area contributed by atoms with E-state index in [0.29, 0.717) is 44.6 Å². The number of halogens is 3. The largest absolute Gasteiger partial charge is 0.505 e. The molecule has 12 nitrogen and oxygen atoms in total. The van der Waals surface area contributed by atoms with Gasteiger partial charge >= 0.3 is 5.97 Å². The molecular formula is C34H29Cl2FN5O7S2+. The second-order valence-corrected chi connectivity index (χ2v) is 14.7. The number of carbonyl (C=O) groups is 5. The van der Waals surface area contributed by atoms with Gasteiger partial charge in [0.15, 0.2) is 24.0 Å². The number of nitrogens with zero attached hydrogens (tertiary/aromatic N) is 2. The first-order valence-electron chi connectivity index (χ1n) is 15.4. The highest BCUT2D eigenvalue weighted by atomic mass is 35.5. The SMILES string of the molecule is O=C(C[n+]1ccc(CC(=C2CCNC2=O)C2=C(C(=O)O)N3C(=O)[C@@H](NC(=O)CSc4ccc(Cl)c(Cl)c4)[C@H]3SC2)cc1)Nc1ccc(O)c(F)c1. The molecule has 4 amide bonds. The summed E-state index contributed by atoms with van der Waals surface area (Å²) in [4.78, 5) is 66.3. The molecule has 5 N–H and O–H groups in total. The van der Waals surface area contributed by atoms with Crippen LogP contribution in [0.2, 0.25) is 10.0 Å². The average molecular weight is 774 g/mol. The van der Waals surface area contributed by atoms with E-state index < -0.39 is 46.7 Å². The van der Waals surface area contributed by atoms with E-state index in [-0.39, 0.29) is 41.8 Å². The van der Waals surface area contributed by atoms with E-state index in [1.165, 1.54) is 34.5 Å². The number of aromatic nitrogens is 1. The summed E-state index contributed by atoms with van der Waals surface area (Å²) in [6, 6.07) is 11.0. The second kappa shape index (κ2) is 15.4. The van der Waals surface area contributed by atoms with E-state index in [4.69, 9.17) is 23.2 Å². The summed E-state index contributed by atoms with van der Waals surface area (Å²) in [6.45, 7) is 0.281. The molecular weight excluding hydrogens is 744 g/mol. The van der Waals surface area contributed by atoms with Crippen LogP contribution in [-0.2, 0) is 36.9 Å². The Balaban J connectivity index is 1.16. The number of pyridine rings is 1. The molecule has 3 aromatic rings. The van der Waals surface area contributed by atoms with Gasteiger partial charge < -0.3 is 26.2 Å². The van der Waals surface area contributed by atoms with Crippen molar-refractivity contribution in [3.05, 3.63) is 105 Å². The number of benzene rings is 2. The van der Waals surface area contributed by atoms with Crippen LogP contribution in [0.4, 0.5) is 10.1 Å². The molecule has 0 unspecified atom stereocenters. The highest BCUT2D eigenvalue weighted by molar-refractivity contribution is 8.00. The van der Waals surface area contributed by atoms with E-state index in [2.05, 4.69) is 16.0 Å². The van der Waals surface area contributed by atoms with Crippen LogP contribution in [-0.4, -0.2) is 74.2 Å². The highest BCUT2D eigenvalue weighted by Gasteiger charge is 2.54. The monoisotopic (exact) mass is 772 g/mol. The van der Waals surface area contributed by atoms with Crippen LogP contribution >= 0.6 is 46.7 Å². The zero-order valence-electron chi connectivity index (χ0n) is 26.5. The molecule has 2 fully saturated rings. The Hall–Kier alpha value is -4.57. The lowest BCUT2D eigenvalue weighted by molar-refractivity contribution is -0.684. The van der Waals surface area contributed by atoms with Gasteiger partial charge in [0.25, 0.3) is 11.8 Å². The number of nitrogens with one attached hydrogen (secondary N) is 3. The van der Waals surface area contributed by atoms with Crippen LogP contribution in [0.15, 0.2) is 88.2 Å². The van der Waals surface area contributed by atoms with Crippen molar-refractivity contribution in [1.82, 2.24) is 15.5 Å². The maximum atomic E-state index is 13.6. The lowest BCUT2D eigenvalue weighted by atomic mass is 9.90. The number of phenolic OH excluding ortho intramolecular Hbond substituents is 1. The molecule has 4 heterocycles. The minimum Gasteiger partial charge on any atom is -0.505 e. The van der Waals surface area contributed by atoms with E-state index in [0.717, 1.165) is 17.7 Å². The highest BCUT2D eigenvalue weighted by Crippen LogP contribution is 2.44. The number of carbonyl (C=O) groups excluding carboxylic acids is 4. The first-order valence-corrected chi connectivity index (χ1v) is 18.2. The topological polar surface area (TPSA) is 169 Å². The molecule has 17 heteroatoms. The molecule has 3 aliphatic rings. The molecule has 2 saturated heterocycles. The number of carboxylic acids is 1. The molecule has 3 aliphatic heterocycles. The van der Waals surface area contributed by atoms with E-state index in [1.54, 1.807) is 47.3 Å². The number of amides is 4. The number of hydrogen-bond acceptors (Lipinski definition) is 8. The van der Waals surface area contributed by atoms with Crippen molar-refractivity contribution in [1.29, 1.82) is 0 Å². The fraction of sp³-hybridized carbons (Fsp3) is 0.235. The third kappa shape index (κ3) is 8.01.